The van der Waals surface area contributed by atoms with Crippen LogP contribution in [0.2, 0.25) is 0 Å². The molecular weight excluding hydrogens is 310 g/mol. The van der Waals surface area contributed by atoms with Gasteiger partial charge in [0.15, 0.2) is 0 Å². The van der Waals surface area contributed by atoms with Crippen LogP contribution in [0.4, 0.5) is 10.5 Å². The van der Waals surface area contributed by atoms with Gasteiger partial charge in [0, 0.05) is 32.8 Å². The average Bonchev–Trinajstić information content (AvgIpc) is 2.95. The van der Waals surface area contributed by atoms with Crippen LogP contribution in [0.5, 0.6) is 5.75 Å². The molecule has 1 aliphatic rings. The Kier molecular flexibility index (Phi) is 6.87. The number of nitrogens with zero attached hydrogens (tertiary/aromatic N) is 2. The summed E-state index contributed by atoms with van der Waals surface area (Å²) in [6.07, 6.45) is 0.765. The molecule has 0 aromatic heterocycles. The molecule has 0 spiro atoms. The van der Waals surface area contributed by atoms with E-state index in [1.807, 2.05) is 31.2 Å². The van der Waals surface area contributed by atoms with Crippen molar-refractivity contribution >= 4 is 17.6 Å². The van der Waals surface area contributed by atoms with Crippen LogP contribution >= 0.6 is 0 Å². The highest BCUT2D eigenvalue weighted by molar-refractivity contribution is 5.97. The molecule has 1 heterocycles. The van der Waals surface area contributed by atoms with Crippen LogP contribution in [-0.2, 0) is 9.53 Å². The summed E-state index contributed by atoms with van der Waals surface area (Å²) in [6, 6.07) is 7.20. The molecule has 1 saturated heterocycles. The van der Waals surface area contributed by atoms with Crippen molar-refractivity contribution in [2.45, 2.75) is 13.3 Å². The van der Waals surface area contributed by atoms with E-state index in [2.05, 4.69) is 5.32 Å². The maximum Gasteiger partial charge on any atom is 0.325 e. The Hall–Kier alpha value is -2.28. The van der Waals surface area contributed by atoms with Crippen LogP contribution in [0.25, 0.3) is 0 Å². The number of urea groups is 1. The molecule has 7 heteroatoms. The lowest BCUT2D eigenvalue weighted by atomic mass is 10.2. The molecule has 132 valence electrons. The van der Waals surface area contributed by atoms with Gasteiger partial charge in [-0.2, -0.15) is 0 Å². The van der Waals surface area contributed by atoms with E-state index in [0.29, 0.717) is 38.6 Å². The highest BCUT2D eigenvalue weighted by Crippen LogP contribution is 2.30. The average molecular weight is 335 g/mol. The summed E-state index contributed by atoms with van der Waals surface area (Å²) >= 11 is 0. The van der Waals surface area contributed by atoms with Crippen molar-refractivity contribution in [1.82, 2.24) is 10.2 Å². The van der Waals surface area contributed by atoms with Crippen molar-refractivity contribution in [3.8, 4) is 5.75 Å². The number of benzene rings is 1. The number of ether oxygens (including phenoxy) is 2. The fourth-order valence-corrected chi connectivity index (χ4v) is 2.58. The Morgan fingerprint density at radius 3 is 2.83 bits per heavy atom. The number of rotatable bonds is 9. The Balaban J connectivity index is 1.84. The van der Waals surface area contributed by atoms with Crippen molar-refractivity contribution < 1.29 is 19.1 Å². The van der Waals surface area contributed by atoms with Gasteiger partial charge >= 0.3 is 6.03 Å². The van der Waals surface area contributed by atoms with E-state index < -0.39 is 0 Å². The molecule has 0 radical (unpaired) electrons. The molecule has 0 aliphatic carbocycles. The van der Waals surface area contributed by atoms with Crippen LogP contribution < -0.4 is 15.0 Å². The number of anilines is 1. The van der Waals surface area contributed by atoms with Crippen LogP contribution in [0.3, 0.4) is 0 Å². The summed E-state index contributed by atoms with van der Waals surface area (Å²) in [5.41, 5.74) is 0.727. The van der Waals surface area contributed by atoms with Gasteiger partial charge in [-0.25, -0.2) is 4.79 Å². The van der Waals surface area contributed by atoms with E-state index in [0.717, 1.165) is 12.1 Å². The third kappa shape index (κ3) is 4.61. The molecule has 1 aliphatic heterocycles. The van der Waals surface area contributed by atoms with Gasteiger partial charge in [-0.3, -0.25) is 9.69 Å². The lowest BCUT2D eigenvalue weighted by Crippen LogP contribution is -2.40. The maximum absolute atomic E-state index is 12.5. The van der Waals surface area contributed by atoms with Crippen LogP contribution in [0, 0.1) is 0 Å². The Bertz CT molecular complexity index is 565. The first-order valence-corrected chi connectivity index (χ1v) is 8.21. The first-order chi connectivity index (χ1) is 11.7. The zero-order valence-corrected chi connectivity index (χ0v) is 14.3. The Morgan fingerprint density at radius 1 is 1.29 bits per heavy atom. The van der Waals surface area contributed by atoms with Crippen molar-refractivity contribution in [1.29, 1.82) is 0 Å². The number of nitrogens with one attached hydrogen (secondary N) is 1. The topological polar surface area (TPSA) is 71.1 Å². The number of para-hydroxylation sites is 2. The van der Waals surface area contributed by atoms with Gasteiger partial charge in [-0.15, -0.1) is 0 Å². The first kappa shape index (κ1) is 18.1. The smallest absolute Gasteiger partial charge is 0.325 e. The van der Waals surface area contributed by atoms with Crippen LogP contribution in [0.1, 0.15) is 13.3 Å². The summed E-state index contributed by atoms with van der Waals surface area (Å²) < 4.78 is 10.5. The molecule has 0 saturated carbocycles. The lowest BCUT2D eigenvalue weighted by molar-refractivity contribution is -0.121. The molecule has 1 fully saturated rings. The van der Waals surface area contributed by atoms with Crippen LogP contribution in [-0.4, -0.2) is 63.3 Å². The van der Waals surface area contributed by atoms with Crippen molar-refractivity contribution in [2.75, 3.05) is 51.4 Å². The van der Waals surface area contributed by atoms with Crippen molar-refractivity contribution in [3.63, 3.8) is 0 Å². The largest absolute Gasteiger partial charge is 0.495 e. The van der Waals surface area contributed by atoms with Gasteiger partial charge in [0.25, 0.3) is 0 Å². The van der Waals surface area contributed by atoms with Crippen molar-refractivity contribution in [2.24, 2.45) is 0 Å². The number of hydrogen-bond acceptors (Lipinski definition) is 4. The van der Waals surface area contributed by atoms with Gasteiger partial charge in [0.1, 0.15) is 12.3 Å². The molecule has 1 aromatic carbocycles. The Morgan fingerprint density at radius 2 is 2.08 bits per heavy atom. The molecule has 24 heavy (non-hydrogen) atoms. The minimum Gasteiger partial charge on any atom is -0.495 e. The summed E-state index contributed by atoms with van der Waals surface area (Å²) in [6.45, 7) is 4.91. The number of carbonyl (C=O) groups is 2. The number of amides is 3. The quantitative estimate of drug-likeness (QED) is 0.694. The predicted octanol–water partition coefficient (Wildman–Crippen LogP) is 1.48. The summed E-state index contributed by atoms with van der Waals surface area (Å²) in [7, 11) is 1.58. The molecule has 1 aromatic rings. The summed E-state index contributed by atoms with van der Waals surface area (Å²) in [5.74, 6) is 0.495. The van der Waals surface area contributed by atoms with Gasteiger partial charge in [-0.1, -0.05) is 12.1 Å². The molecule has 0 bridgehead atoms. The molecule has 2 rings (SSSR count). The zero-order valence-electron chi connectivity index (χ0n) is 14.3. The number of hydrogen-bond donors (Lipinski definition) is 1. The maximum atomic E-state index is 12.5. The first-order valence-electron chi connectivity index (χ1n) is 8.21. The second-order valence-corrected chi connectivity index (χ2v) is 5.43. The number of methoxy groups -OCH3 is 1. The Labute approximate surface area is 142 Å². The highest BCUT2D eigenvalue weighted by atomic mass is 16.5. The van der Waals surface area contributed by atoms with E-state index in [-0.39, 0.29) is 18.5 Å². The van der Waals surface area contributed by atoms with E-state index in [4.69, 9.17) is 9.47 Å². The molecule has 7 nitrogen and oxygen atoms in total. The van der Waals surface area contributed by atoms with Gasteiger partial charge in [0.05, 0.1) is 12.8 Å². The second kappa shape index (κ2) is 9.12. The second-order valence-electron chi connectivity index (χ2n) is 5.43. The zero-order chi connectivity index (χ0) is 17.4. The van der Waals surface area contributed by atoms with E-state index in [1.165, 1.54) is 0 Å². The fourth-order valence-electron chi connectivity index (χ4n) is 2.58. The standard InChI is InChI=1S/C17H25N3O4/c1-3-24-12-6-9-18-16(21)13-19-10-11-20(17(19)22)14-7-4-5-8-15(14)23-2/h4-5,7-8H,3,6,9-13H2,1-2H3,(H,18,21). The molecular formula is C17H25N3O4. The summed E-state index contributed by atoms with van der Waals surface area (Å²) in [5, 5.41) is 2.81. The molecule has 0 unspecified atom stereocenters. The fraction of sp³-hybridized carbons (Fsp3) is 0.529. The van der Waals surface area contributed by atoms with E-state index in [1.54, 1.807) is 16.9 Å². The van der Waals surface area contributed by atoms with Gasteiger partial charge in [-0.05, 0) is 25.5 Å². The summed E-state index contributed by atoms with van der Waals surface area (Å²) in [4.78, 5) is 27.7. The normalized spacial score (nSPS) is 14.2. The predicted molar refractivity (Wildman–Crippen MR) is 91.4 cm³/mol. The SMILES string of the molecule is CCOCCCNC(=O)CN1CCN(c2ccccc2OC)C1=O. The van der Waals surface area contributed by atoms with Crippen molar-refractivity contribution in [3.05, 3.63) is 24.3 Å². The molecule has 1 N–H and O–H groups in total. The molecule has 0 atom stereocenters. The van der Waals surface area contributed by atoms with Gasteiger partial charge in [0.2, 0.25) is 5.91 Å². The number of carbonyl (C=O) groups excluding carboxylic acids is 2. The lowest BCUT2D eigenvalue weighted by Gasteiger charge is -2.20. The third-order valence-corrected chi connectivity index (χ3v) is 3.80. The van der Waals surface area contributed by atoms with E-state index in [9.17, 15) is 9.59 Å². The minimum absolute atomic E-state index is 0.0686. The third-order valence-electron chi connectivity index (χ3n) is 3.80. The van der Waals surface area contributed by atoms with Gasteiger partial charge < -0.3 is 19.7 Å². The minimum atomic E-state index is -0.177. The van der Waals surface area contributed by atoms with E-state index >= 15 is 0 Å². The highest BCUT2D eigenvalue weighted by Gasteiger charge is 2.32. The molecule has 3 amide bonds. The van der Waals surface area contributed by atoms with Crippen LogP contribution in [0.15, 0.2) is 24.3 Å². The monoisotopic (exact) mass is 335 g/mol.